The highest BCUT2D eigenvalue weighted by atomic mass is 32.2. The zero-order chi connectivity index (χ0) is 18.9. The number of thioether (sulfide) groups is 1. The van der Waals surface area contributed by atoms with Crippen LogP contribution in [0.1, 0.15) is 17.6 Å². The van der Waals surface area contributed by atoms with Crippen molar-refractivity contribution in [3.05, 3.63) is 34.3 Å². The van der Waals surface area contributed by atoms with Crippen LogP contribution in [0.4, 0.5) is 10.8 Å². The number of hydrogen-bond donors (Lipinski definition) is 2. The number of benzene rings is 1. The molecule has 3 rings (SSSR count). The molecule has 0 unspecified atom stereocenters. The van der Waals surface area contributed by atoms with Crippen molar-refractivity contribution in [3.8, 4) is 10.6 Å². The summed E-state index contributed by atoms with van der Waals surface area (Å²) in [5.74, 6) is 0.867. The fourth-order valence-corrected chi connectivity index (χ4v) is 5.33. The second kappa shape index (κ2) is 7.65. The van der Waals surface area contributed by atoms with E-state index in [2.05, 4.69) is 15.3 Å². The van der Waals surface area contributed by atoms with Crippen molar-refractivity contribution in [2.45, 2.75) is 30.6 Å². The topological polar surface area (TPSA) is 98.0 Å². The summed E-state index contributed by atoms with van der Waals surface area (Å²) in [5, 5.41) is 12.2. The normalized spacial score (nSPS) is 11.7. The van der Waals surface area contributed by atoms with Gasteiger partial charge in [0.25, 0.3) is 0 Å². The predicted molar refractivity (Wildman–Crippen MR) is 110 cm³/mol. The number of primary sulfonamides is 1. The van der Waals surface area contributed by atoms with Crippen LogP contribution in [-0.4, -0.2) is 24.1 Å². The Hall–Kier alpha value is -1.46. The summed E-state index contributed by atoms with van der Waals surface area (Å²) in [6, 6.07) is 4.84. The van der Waals surface area contributed by atoms with Crippen LogP contribution in [-0.2, 0) is 10.0 Å². The van der Waals surface area contributed by atoms with Crippen molar-refractivity contribution >= 4 is 55.3 Å². The standard InChI is InChI=1S/C16H18N4O2S4/c1-4-23-14-6-5-11(26(17,21)22)7-12(14)19-16-20-13(8-24-16)15-9(2)18-10(3)25-15/h5-8H,4H2,1-3H3,(H,19,20)(H2,17,21,22). The molecule has 0 amide bonds. The summed E-state index contributed by atoms with van der Waals surface area (Å²) in [4.78, 5) is 11.1. The Labute approximate surface area is 164 Å². The summed E-state index contributed by atoms with van der Waals surface area (Å²) in [6.07, 6.45) is 0. The Morgan fingerprint density at radius 3 is 2.65 bits per heavy atom. The van der Waals surface area contributed by atoms with Gasteiger partial charge in [-0.15, -0.1) is 34.4 Å². The number of anilines is 2. The Kier molecular flexibility index (Phi) is 5.68. The summed E-state index contributed by atoms with van der Waals surface area (Å²) < 4.78 is 23.3. The lowest BCUT2D eigenvalue weighted by atomic mass is 10.3. The van der Waals surface area contributed by atoms with E-state index >= 15 is 0 Å². The summed E-state index contributed by atoms with van der Waals surface area (Å²) in [6.45, 7) is 5.98. The van der Waals surface area contributed by atoms with Crippen LogP contribution in [0.2, 0.25) is 0 Å². The molecule has 0 aliphatic carbocycles. The maximum absolute atomic E-state index is 11.7. The lowest BCUT2D eigenvalue weighted by Crippen LogP contribution is -2.12. The third kappa shape index (κ3) is 4.26. The second-order valence-corrected chi connectivity index (χ2v) is 10.4. The van der Waals surface area contributed by atoms with Crippen molar-refractivity contribution < 1.29 is 8.42 Å². The van der Waals surface area contributed by atoms with Crippen LogP contribution in [0.5, 0.6) is 0 Å². The molecule has 0 fully saturated rings. The fraction of sp³-hybridized carbons (Fsp3) is 0.250. The van der Waals surface area contributed by atoms with Gasteiger partial charge in [-0.3, -0.25) is 0 Å². The minimum Gasteiger partial charge on any atom is -0.331 e. The van der Waals surface area contributed by atoms with Gasteiger partial charge >= 0.3 is 0 Å². The fourth-order valence-electron chi connectivity index (χ4n) is 2.38. The molecule has 0 saturated carbocycles. The molecule has 26 heavy (non-hydrogen) atoms. The van der Waals surface area contributed by atoms with Gasteiger partial charge < -0.3 is 5.32 Å². The van der Waals surface area contributed by atoms with Crippen molar-refractivity contribution in [1.29, 1.82) is 0 Å². The molecule has 2 heterocycles. The first-order valence-electron chi connectivity index (χ1n) is 7.74. The van der Waals surface area contributed by atoms with E-state index in [1.54, 1.807) is 35.2 Å². The molecule has 0 aliphatic rings. The first-order chi connectivity index (χ1) is 12.3. The minimum atomic E-state index is -3.76. The number of rotatable bonds is 6. The number of aromatic nitrogens is 2. The molecule has 1 aromatic carbocycles. The summed E-state index contributed by atoms with van der Waals surface area (Å²) in [7, 11) is -3.76. The highest BCUT2D eigenvalue weighted by molar-refractivity contribution is 7.99. The van der Waals surface area contributed by atoms with Crippen molar-refractivity contribution in [1.82, 2.24) is 9.97 Å². The van der Waals surface area contributed by atoms with Gasteiger partial charge in [0.15, 0.2) is 5.13 Å². The first kappa shape index (κ1) is 19.3. The predicted octanol–water partition coefficient (Wildman–Crippen LogP) is 4.39. The number of hydrogen-bond acceptors (Lipinski definition) is 8. The first-order valence-corrected chi connectivity index (χ1v) is 12.0. The molecular formula is C16H18N4O2S4. The van der Waals surface area contributed by atoms with E-state index in [4.69, 9.17) is 5.14 Å². The molecule has 6 nitrogen and oxygen atoms in total. The van der Waals surface area contributed by atoms with Gasteiger partial charge in [0.2, 0.25) is 10.0 Å². The van der Waals surface area contributed by atoms with E-state index in [-0.39, 0.29) is 4.90 Å². The molecule has 3 aromatic rings. The van der Waals surface area contributed by atoms with Gasteiger partial charge in [-0.2, -0.15) is 0 Å². The molecular weight excluding hydrogens is 408 g/mol. The molecule has 0 atom stereocenters. The number of nitrogens with zero attached hydrogens (tertiary/aromatic N) is 2. The second-order valence-electron chi connectivity index (χ2n) is 5.45. The largest absolute Gasteiger partial charge is 0.331 e. The smallest absolute Gasteiger partial charge is 0.238 e. The van der Waals surface area contributed by atoms with Crippen LogP contribution >= 0.6 is 34.4 Å². The number of aryl methyl sites for hydroxylation is 2. The van der Waals surface area contributed by atoms with Gasteiger partial charge in [0.1, 0.15) is 0 Å². The average molecular weight is 427 g/mol. The van der Waals surface area contributed by atoms with E-state index in [0.717, 1.165) is 31.9 Å². The van der Waals surface area contributed by atoms with Crippen LogP contribution in [0.25, 0.3) is 10.6 Å². The molecule has 0 aliphatic heterocycles. The van der Waals surface area contributed by atoms with Gasteiger partial charge in [0.05, 0.1) is 31.9 Å². The quantitative estimate of drug-likeness (QED) is 0.567. The number of thiazole rings is 2. The Morgan fingerprint density at radius 2 is 2.04 bits per heavy atom. The molecule has 10 heteroatoms. The van der Waals surface area contributed by atoms with Gasteiger partial charge in [-0.1, -0.05) is 6.92 Å². The zero-order valence-corrected chi connectivity index (χ0v) is 17.7. The minimum absolute atomic E-state index is 0.0751. The molecule has 2 aromatic heterocycles. The molecule has 0 saturated heterocycles. The van der Waals surface area contributed by atoms with Crippen molar-refractivity contribution in [2.24, 2.45) is 5.14 Å². The molecule has 0 radical (unpaired) electrons. The Morgan fingerprint density at radius 1 is 1.27 bits per heavy atom. The maximum Gasteiger partial charge on any atom is 0.238 e. The van der Waals surface area contributed by atoms with Crippen molar-refractivity contribution in [2.75, 3.05) is 11.1 Å². The van der Waals surface area contributed by atoms with Gasteiger partial charge in [-0.05, 0) is 37.8 Å². The van der Waals surface area contributed by atoms with E-state index < -0.39 is 10.0 Å². The molecule has 3 N–H and O–H groups in total. The van der Waals surface area contributed by atoms with Crippen LogP contribution in [0.15, 0.2) is 33.4 Å². The number of nitrogens with one attached hydrogen (secondary N) is 1. The Balaban J connectivity index is 1.94. The highest BCUT2D eigenvalue weighted by Crippen LogP contribution is 2.35. The average Bonchev–Trinajstić information content (AvgIpc) is 3.14. The highest BCUT2D eigenvalue weighted by Gasteiger charge is 2.15. The lowest BCUT2D eigenvalue weighted by Gasteiger charge is -2.10. The van der Waals surface area contributed by atoms with Crippen LogP contribution in [0.3, 0.4) is 0 Å². The zero-order valence-electron chi connectivity index (χ0n) is 14.4. The maximum atomic E-state index is 11.7. The monoisotopic (exact) mass is 426 g/mol. The van der Waals surface area contributed by atoms with E-state index in [9.17, 15) is 8.42 Å². The number of nitrogens with two attached hydrogens (primary N) is 1. The van der Waals surface area contributed by atoms with E-state index in [1.807, 2.05) is 26.2 Å². The molecule has 138 valence electrons. The number of sulfonamides is 1. The van der Waals surface area contributed by atoms with E-state index in [0.29, 0.717) is 10.8 Å². The summed E-state index contributed by atoms with van der Waals surface area (Å²) in [5.41, 5.74) is 2.51. The third-order valence-electron chi connectivity index (χ3n) is 3.46. The Bertz CT molecular complexity index is 1040. The molecule has 0 bridgehead atoms. The lowest BCUT2D eigenvalue weighted by molar-refractivity contribution is 0.598. The SMILES string of the molecule is CCSc1ccc(S(N)(=O)=O)cc1Nc1nc(-c2sc(C)nc2C)cs1. The van der Waals surface area contributed by atoms with Gasteiger partial charge in [0, 0.05) is 10.3 Å². The van der Waals surface area contributed by atoms with E-state index in [1.165, 1.54) is 17.4 Å². The van der Waals surface area contributed by atoms with Gasteiger partial charge in [-0.25, -0.2) is 23.5 Å². The van der Waals surface area contributed by atoms with Crippen LogP contribution < -0.4 is 10.5 Å². The van der Waals surface area contributed by atoms with Crippen LogP contribution in [0, 0.1) is 13.8 Å². The van der Waals surface area contributed by atoms with Crippen molar-refractivity contribution in [3.63, 3.8) is 0 Å². The summed E-state index contributed by atoms with van der Waals surface area (Å²) >= 11 is 4.69. The third-order valence-corrected chi connectivity index (χ3v) is 7.18. The molecule has 0 spiro atoms.